The van der Waals surface area contributed by atoms with Crippen molar-refractivity contribution in [3.8, 4) is 5.75 Å². The monoisotopic (exact) mass is 457 g/mol. The molecule has 0 aliphatic carbocycles. The Morgan fingerprint density at radius 2 is 2.07 bits per heavy atom. The highest BCUT2D eigenvalue weighted by Crippen LogP contribution is 2.41. The number of benzene rings is 1. The minimum Gasteiger partial charge on any atom is -0.484 e. The number of thioether (sulfide) groups is 1. The molecular weight excluding hydrogens is 437 g/mol. The Morgan fingerprint density at radius 1 is 1.31 bits per heavy atom. The maximum absolute atomic E-state index is 12.9. The molecule has 0 fully saturated rings. The molecule has 0 saturated carbocycles. The van der Waals surface area contributed by atoms with Gasteiger partial charge in [0.1, 0.15) is 11.4 Å². The molecule has 29 heavy (non-hydrogen) atoms. The highest BCUT2D eigenvalue weighted by molar-refractivity contribution is 8.07. The number of hydrogen-bond acceptors (Lipinski definition) is 7. The largest absolute Gasteiger partial charge is 0.484 e. The lowest BCUT2D eigenvalue weighted by molar-refractivity contribution is -0.139. The quantitative estimate of drug-likeness (QED) is 0.631. The molecule has 0 saturated heterocycles. The number of nitrogens with one attached hydrogen (secondary N) is 1. The Bertz CT molecular complexity index is 910. The first-order valence-electron chi connectivity index (χ1n) is 9.03. The van der Waals surface area contributed by atoms with Crippen LogP contribution in [0.15, 0.2) is 39.4 Å². The summed E-state index contributed by atoms with van der Waals surface area (Å²) >= 11 is 13.2. The molecule has 1 aromatic rings. The second-order valence-electron chi connectivity index (χ2n) is 7.07. The predicted molar refractivity (Wildman–Crippen MR) is 113 cm³/mol. The van der Waals surface area contributed by atoms with Gasteiger partial charge in [0.15, 0.2) is 6.61 Å². The van der Waals surface area contributed by atoms with Gasteiger partial charge in [-0.05, 0) is 39.0 Å². The zero-order valence-corrected chi connectivity index (χ0v) is 18.6. The van der Waals surface area contributed by atoms with Gasteiger partial charge in [-0.3, -0.25) is 4.79 Å². The number of carbonyl (C=O) groups excluding carboxylic acids is 2. The van der Waals surface area contributed by atoms with E-state index in [1.54, 1.807) is 19.1 Å². The second-order valence-corrected chi connectivity index (χ2v) is 9.01. The van der Waals surface area contributed by atoms with Crippen molar-refractivity contribution in [3.05, 3.63) is 49.4 Å². The van der Waals surface area contributed by atoms with Gasteiger partial charge in [-0.1, -0.05) is 35.0 Å². The van der Waals surface area contributed by atoms with E-state index < -0.39 is 5.97 Å². The molecule has 2 aliphatic rings. The van der Waals surface area contributed by atoms with Crippen molar-refractivity contribution in [2.75, 3.05) is 19.8 Å². The number of Topliss-reactive ketones (excluding diaryl/α,β-unsaturated/α-hetero) is 1. The van der Waals surface area contributed by atoms with Crippen LogP contribution in [0.1, 0.15) is 27.2 Å². The van der Waals surface area contributed by atoms with Crippen LogP contribution in [0.3, 0.4) is 0 Å². The number of hydrogen-bond donors (Lipinski definition) is 1. The molecule has 6 nitrogen and oxygen atoms in total. The molecule has 0 atom stereocenters. The Labute approximate surface area is 183 Å². The smallest absolute Gasteiger partial charge is 0.356 e. The predicted octanol–water partition coefficient (Wildman–Crippen LogP) is 4.46. The maximum Gasteiger partial charge on any atom is 0.356 e. The normalized spacial score (nSPS) is 18.1. The molecule has 9 heteroatoms. The summed E-state index contributed by atoms with van der Waals surface area (Å²) in [6, 6.07) is 4.73. The molecule has 0 spiro atoms. The average molecular weight is 458 g/mol. The maximum atomic E-state index is 12.9. The minimum atomic E-state index is -0.580. The summed E-state index contributed by atoms with van der Waals surface area (Å²) in [6.45, 7) is 5.93. The van der Waals surface area contributed by atoms with Gasteiger partial charge in [0.25, 0.3) is 0 Å². The van der Waals surface area contributed by atoms with E-state index in [0.29, 0.717) is 28.8 Å². The molecule has 0 bridgehead atoms. The lowest BCUT2D eigenvalue weighted by Gasteiger charge is -2.36. The van der Waals surface area contributed by atoms with Crippen LogP contribution in [0.2, 0.25) is 10.0 Å². The number of rotatable bonds is 6. The van der Waals surface area contributed by atoms with Gasteiger partial charge < -0.3 is 19.5 Å². The zero-order chi connectivity index (χ0) is 21.2. The molecule has 3 rings (SSSR count). The molecule has 0 radical (unpaired) electrons. The van der Waals surface area contributed by atoms with Crippen LogP contribution in [0.5, 0.6) is 5.75 Å². The van der Waals surface area contributed by atoms with Gasteiger partial charge in [-0.25, -0.2) is 4.79 Å². The van der Waals surface area contributed by atoms with Gasteiger partial charge in [0, 0.05) is 22.0 Å². The van der Waals surface area contributed by atoms with Crippen LogP contribution in [-0.4, -0.2) is 37.2 Å². The van der Waals surface area contributed by atoms with Crippen LogP contribution in [0.4, 0.5) is 0 Å². The van der Waals surface area contributed by atoms with Crippen LogP contribution in [0, 0.1) is 0 Å². The molecule has 2 aliphatic heterocycles. The first kappa shape index (κ1) is 22.0. The van der Waals surface area contributed by atoms with Crippen molar-refractivity contribution in [1.82, 2.24) is 5.32 Å². The van der Waals surface area contributed by atoms with Crippen molar-refractivity contribution in [2.45, 2.75) is 32.8 Å². The minimum absolute atomic E-state index is 0.129. The number of ether oxygens (including phenoxy) is 3. The van der Waals surface area contributed by atoms with Crippen molar-refractivity contribution < 1.29 is 23.8 Å². The molecule has 1 N–H and O–H groups in total. The van der Waals surface area contributed by atoms with Gasteiger partial charge in [0.2, 0.25) is 5.78 Å². The van der Waals surface area contributed by atoms with Crippen molar-refractivity contribution in [3.63, 3.8) is 0 Å². The number of carbonyl (C=O) groups is 2. The Hall–Kier alpha value is -1.67. The first-order valence-corrected chi connectivity index (χ1v) is 10.6. The number of esters is 1. The van der Waals surface area contributed by atoms with E-state index in [4.69, 9.17) is 37.4 Å². The van der Waals surface area contributed by atoms with Gasteiger partial charge >= 0.3 is 5.97 Å². The third-order valence-electron chi connectivity index (χ3n) is 4.25. The Kier molecular flexibility index (Phi) is 6.83. The van der Waals surface area contributed by atoms with Crippen LogP contribution in [-0.2, 0) is 19.1 Å². The zero-order valence-electron chi connectivity index (χ0n) is 16.3. The summed E-state index contributed by atoms with van der Waals surface area (Å²) in [7, 11) is 0. The van der Waals surface area contributed by atoms with Gasteiger partial charge in [-0.2, -0.15) is 0 Å². The van der Waals surface area contributed by atoms with E-state index in [9.17, 15) is 9.59 Å². The Morgan fingerprint density at radius 3 is 2.76 bits per heavy atom. The molecule has 0 unspecified atom stereocenters. The second kappa shape index (κ2) is 9.00. The third-order valence-corrected chi connectivity index (χ3v) is 6.02. The van der Waals surface area contributed by atoms with E-state index in [1.807, 2.05) is 13.8 Å². The van der Waals surface area contributed by atoms with Crippen molar-refractivity contribution in [1.29, 1.82) is 0 Å². The van der Waals surface area contributed by atoms with E-state index in [0.717, 1.165) is 10.6 Å². The highest BCUT2D eigenvalue weighted by atomic mass is 35.5. The molecule has 0 aromatic heterocycles. The fraction of sp³-hybridized carbons (Fsp3) is 0.400. The van der Waals surface area contributed by atoms with E-state index in [2.05, 4.69) is 5.32 Å². The van der Waals surface area contributed by atoms with Crippen LogP contribution >= 0.6 is 35.0 Å². The molecule has 156 valence electrons. The highest BCUT2D eigenvalue weighted by Gasteiger charge is 2.36. The molecule has 2 heterocycles. The summed E-state index contributed by atoms with van der Waals surface area (Å²) in [5, 5.41) is 3.87. The summed E-state index contributed by atoms with van der Waals surface area (Å²) in [5.41, 5.74) is 0.638. The van der Waals surface area contributed by atoms with Crippen LogP contribution < -0.4 is 10.1 Å². The van der Waals surface area contributed by atoms with Crippen molar-refractivity contribution in [2.24, 2.45) is 0 Å². The fourth-order valence-corrected chi connectivity index (χ4v) is 4.34. The Balaban J connectivity index is 1.81. The summed E-state index contributed by atoms with van der Waals surface area (Å²) in [6.07, 6.45) is 0.594. The lowest BCUT2D eigenvalue weighted by Crippen LogP contribution is -2.38. The SMILES string of the molecule is CCOC(=O)C1=C(C(=O)COc2ccc(Cl)cc2Cl)SC2=C(CC(C)(C)OC2)N1. The lowest BCUT2D eigenvalue weighted by atomic mass is 9.99. The van der Waals surface area contributed by atoms with E-state index >= 15 is 0 Å². The average Bonchev–Trinajstić information content (AvgIpc) is 2.65. The van der Waals surface area contributed by atoms with E-state index in [-0.39, 0.29) is 35.2 Å². The fourth-order valence-electron chi connectivity index (χ4n) is 2.85. The van der Waals surface area contributed by atoms with Gasteiger partial charge in [-0.15, -0.1) is 0 Å². The first-order chi connectivity index (χ1) is 13.7. The standard InChI is InChI=1S/C20H21Cl2NO5S/c1-4-26-19(25)17-18(29-16-10-28-20(2,3)8-13(16)23-17)14(24)9-27-15-6-5-11(21)7-12(15)22/h5-7,23H,4,8-10H2,1-3H3. The topological polar surface area (TPSA) is 73.9 Å². The third kappa shape index (κ3) is 5.28. The van der Waals surface area contributed by atoms with E-state index in [1.165, 1.54) is 17.8 Å². The summed E-state index contributed by atoms with van der Waals surface area (Å²) in [5.74, 6) is -0.615. The summed E-state index contributed by atoms with van der Waals surface area (Å²) < 4.78 is 16.5. The molecule has 0 amide bonds. The number of halogens is 2. The van der Waals surface area contributed by atoms with Crippen LogP contribution in [0.25, 0.3) is 0 Å². The molecule has 1 aromatic carbocycles. The summed E-state index contributed by atoms with van der Waals surface area (Å²) in [4.78, 5) is 26.5. The molecular formula is C20H21Cl2NO5S. The van der Waals surface area contributed by atoms with Crippen molar-refractivity contribution >= 4 is 46.7 Å². The number of ketones is 1. The van der Waals surface area contributed by atoms with Gasteiger partial charge in [0.05, 0.1) is 28.7 Å².